The van der Waals surface area contributed by atoms with Crippen molar-refractivity contribution >= 4 is 21.4 Å². The molecule has 5 nitrogen and oxygen atoms in total. The molecule has 1 aromatic heterocycles. The molecule has 0 spiro atoms. The number of hydrogen-bond donors (Lipinski definition) is 2. The topological polar surface area (TPSA) is 71.1 Å². The van der Waals surface area contributed by atoms with Crippen molar-refractivity contribution in [3.05, 3.63) is 53.9 Å². The van der Waals surface area contributed by atoms with E-state index < -0.39 is 10.0 Å². The highest BCUT2D eigenvalue weighted by atomic mass is 32.2. The lowest BCUT2D eigenvalue weighted by Crippen LogP contribution is -2.11. The van der Waals surface area contributed by atoms with Gasteiger partial charge in [-0.05, 0) is 49.2 Å². The van der Waals surface area contributed by atoms with Crippen molar-refractivity contribution in [2.45, 2.75) is 19.9 Å². The Kier molecular flexibility index (Phi) is 4.47. The van der Waals surface area contributed by atoms with Crippen molar-refractivity contribution in [3.63, 3.8) is 0 Å². The number of pyridine rings is 1. The Bertz CT molecular complexity index is 715. The molecular formula is C15H19N3O2S. The van der Waals surface area contributed by atoms with Crippen molar-refractivity contribution in [1.29, 1.82) is 0 Å². The second kappa shape index (κ2) is 6.13. The molecule has 0 aliphatic rings. The number of hydrogen-bond acceptors (Lipinski definition) is 4. The molecule has 0 fully saturated rings. The highest BCUT2D eigenvalue weighted by Crippen LogP contribution is 2.24. The number of nitrogens with one attached hydrogen (secondary N) is 2. The molecule has 0 aliphatic carbocycles. The summed E-state index contributed by atoms with van der Waals surface area (Å²) in [6.45, 7) is 3.92. The van der Waals surface area contributed by atoms with Gasteiger partial charge in [-0.15, -0.1) is 0 Å². The van der Waals surface area contributed by atoms with E-state index in [9.17, 15) is 8.42 Å². The Morgan fingerprint density at radius 1 is 1.24 bits per heavy atom. The monoisotopic (exact) mass is 305 g/mol. The number of rotatable bonds is 5. The number of nitrogens with zero attached hydrogens (tertiary/aromatic N) is 1. The Balaban J connectivity index is 2.14. The Morgan fingerprint density at radius 3 is 2.57 bits per heavy atom. The van der Waals surface area contributed by atoms with E-state index in [4.69, 9.17) is 0 Å². The SMILES string of the molecule is Cc1cc(NC(C)c2cccnc2)ccc1NS(C)(=O)=O. The predicted octanol–water partition coefficient (Wildman–Crippen LogP) is 2.93. The molecule has 2 aromatic rings. The third-order valence-corrected chi connectivity index (χ3v) is 3.68. The summed E-state index contributed by atoms with van der Waals surface area (Å²) in [5, 5.41) is 3.37. The van der Waals surface area contributed by atoms with E-state index in [-0.39, 0.29) is 6.04 Å². The van der Waals surface area contributed by atoms with Gasteiger partial charge in [0.05, 0.1) is 18.0 Å². The van der Waals surface area contributed by atoms with E-state index in [1.807, 2.05) is 37.4 Å². The molecule has 1 atom stereocenters. The minimum atomic E-state index is -3.26. The van der Waals surface area contributed by atoms with Crippen LogP contribution in [0.25, 0.3) is 0 Å². The van der Waals surface area contributed by atoms with E-state index in [0.29, 0.717) is 5.69 Å². The molecule has 112 valence electrons. The van der Waals surface area contributed by atoms with Gasteiger partial charge >= 0.3 is 0 Å². The van der Waals surface area contributed by atoms with E-state index in [2.05, 4.69) is 21.9 Å². The second-order valence-electron chi connectivity index (χ2n) is 5.06. The highest BCUT2D eigenvalue weighted by Gasteiger charge is 2.08. The average Bonchev–Trinajstić information content (AvgIpc) is 2.41. The molecular weight excluding hydrogens is 286 g/mol. The van der Waals surface area contributed by atoms with Gasteiger partial charge in [0.1, 0.15) is 0 Å². The van der Waals surface area contributed by atoms with Crippen LogP contribution in [0, 0.1) is 6.92 Å². The molecule has 0 aliphatic heterocycles. The van der Waals surface area contributed by atoms with Gasteiger partial charge in [0.25, 0.3) is 0 Å². The molecule has 1 heterocycles. The quantitative estimate of drug-likeness (QED) is 0.891. The van der Waals surface area contributed by atoms with Crippen LogP contribution in [0.4, 0.5) is 11.4 Å². The van der Waals surface area contributed by atoms with E-state index in [1.165, 1.54) is 0 Å². The van der Waals surface area contributed by atoms with Crippen LogP contribution < -0.4 is 10.0 Å². The summed E-state index contributed by atoms with van der Waals surface area (Å²) in [6, 6.07) is 9.56. The van der Waals surface area contributed by atoms with Gasteiger partial charge in [-0.2, -0.15) is 0 Å². The fourth-order valence-electron chi connectivity index (χ4n) is 2.03. The smallest absolute Gasteiger partial charge is 0.229 e. The Hall–Kier alpha value is -2.08. The zero-order chi connectivity index (χ0) is 15.5. The predicted molar refractivity (Wildman–Crippen MR) is 85.9 cm³/mol. The molecule has 0 bridgehead atoms. The molecule has 0 saturated carbocycles. The normalized spacial score (nSPS) is 12.7. The number of benzene rings is 1. The number of anilines is 2. The second-order valence-corrected chi connectivity index (χ2v) is 6.80. The van der Waals surface area contributed by atoms with Crippen LogP contribution in [0.1, 0.15) is 24.1 Å². The summed E-state index contributed by atoms with van der Waals surface area (Å²) in [7, 11) is -3.26. The molecule has 1 aromatic carbocycles. The van der Waals surface area contributed by atoms with Crippen LogP contribution in [0.3, 0.4) is 0 Å². The van der Waals surface area contributed by atoms with Gasteiger partial charge in [0.2, 0.25) is 10.0 Å². The van der Waals surface area contributed by atoms with Gasteiger partial charge in [0.15, 0.2) is 0 Å². The molecule has 1 unspecified atom stereocenters. The number of sulfonamides is 1. The molecule has 2 N–H and O–H groups in total. The third kappa shape index (κ3) is 4.46. The molecule has 6 heteroatoms. The number of aryl methyl sites for hydroxylation is 1. The van der Waals surface area contributed by atoms with Crippen molar-refractivity contribution in [2.75, 3.05) is 16.3 Å². The first-order valence-corrected chi connectivity index (χ1v) is 8.49. The molecule has 0 radical (unpaired) electrons. The lowest BCUT2D eigenvalue weighted by molar-refractivity contribution is 0.607. The van der Waals surface area contributed by atoms with Crippen LogP contribution in [0.5, 0.6) is 0 Å². The summed E-state index contributed by atoms with van der Waals surface area (Å²) in [5.74, 6) is 0. The Morgan fingerprint density at radius 2 is 2.00 bits per heavy atom. The van der Waals surface area contributed by atoms with Crippen LogP contribution >= 0.6 is 0 Å². The standard InChI is InChI=1S/C15H19N3O2S/c1-11-9-14(6-7-15(11)18-21(3,19)20)17-12(2)13-5-4-8-16-10-13/h4-10,12,17-18H,1-3H3. The number of aromatic nitrogens is 1. The van der Waals surface area contributed by atoms with Crippen molar-refractivity contribution in [2.24, 2.45) is 0 Å². The minimum Gasteiger partial charge on any atom is -0.378 e. The van der Waals surface area contributed by atoms with E-state index in [0.717, 1.165) is 23.1 Å². The molecule has 0 amide bonds. The van der Waals surface area contributed by atoms with Gasteiger partial charge in [-0.25, -0.2) is 8.42 Å². The maximum atomic E-state index is 11.3. The lowest BCUT2D eigenvalue weighted by atomic mass is 10.1. The largest absolute Gasteiger partial charge is 0.378 e. The van der Waals surface area contributed by atoms with Crippen LogP contribution in [0.15, 0.2) is 42.7 Å². The van der Waals surface area contributed by atoms with Crippen molar-refractivity contribution in [1.82, 2.24) is 4.98 Å². The maximum Gasteiger partial charge on any atom is 0.229 e. The maximum absolute atomic E-state index is 11.3. The molecule has 0 saturated heterocycles. The van der Waals surface area contributed by atoms with Gasteiger partial charge in [0, 0.05) is 18.1 Å². The van der Waals surface area contributed by atoms with Gasteiger partial charge in [-0.1, -0.05) is 6.07 Å². The summed E-state index contributed by atoms with van der Waals surface area (Å²) in [4.78, 5) is 4.10. The fraction of sp³-hybridized carbons (Fsp3) is 0.267. The first kappa shape index (κ1) is 15.3. The minimum absolute atomic E-state index is 0.117. The molecule has 2 rings (SSSR count). The van der Waals surface area contributed by atoms with Crippen LogP contribution in [0.2, 0.25) is 0 Å². The summed E-state index contributed by atoms with van der Waals surface area (Å²) >= 11 is 0. The average molecular weight is 305 g/mol. The van der Waals surface area contributed by atoms with Gasteiger partial charge in [-0.3, -0.25) is 9.71 Å². The lowest BCUT2D eigenvalue weighted by Gasteiger charge is -2.17. The zero-order valence-corrected chi connectivity index (χ0v) is 13.1. The van der Waals surface area contributed by atoms with Crippen molar-refractivity contribution < 1.29 is 8.42 Å². The van der Waals surface area contributed by atoms with E-state index in [1.54, 1.807) is 12.3 Å². The van der Waals surface area contributed by atoms with Crippen LogP contribution in [-0.2, 0) is 10.0 Å². The molecule has 21 heavy (non-hydrogen) atoms. The van der Waals surface area contributed by atoms with E-state index >= 15 is 0 Å². The first-order valence-electron chi connectivity index (χ1n) is 6.60. The summed E-state index contributed by atoms with van der Waals surface area (Å²) < 4.78 is 25.0. The van der Waals surface area contributed by atoms with Crippen LogP contribution in [-0.4, -0.2) is 19.7 Å². The summed E-state index contributed by atoms with van der Waals surface area (Å²) in [6.07, 6.45) is 4.71. The Labute approximate surface area is 125 Å². The highest BCUT2D eigenvalue weighted by molar-refractivity contribution is 7.92. The zero-order valence-electron chi connectivity index (χ0n) is 12.3. The fourth-order valence-corrected chi connectivity index (χ4v) is 2.66. The van der Waals surface area contributed by atoms with Gasteiger partial charge < -0.3 is 5.32 Å². The third-order valence-electron chi connectivity index (χ3n) is 3.09. The van der Waals surface area contributed by atoms with Crippen molar-refractivity contribution in [3.8, 4) is 0 Å². The first-order chi connectivity index (χ1) is 9.85. The summed E-state index contributed by atoms with van der Waals surface area (Å²) in [5.41, 5.74) is 3.48.